The second-order valence-corrected chi connectivity index (χ2v) is 3.23. The summed E-state index contributed by atoms with van der Waals surface area (Å²) in [5.74, 6) is -0.555. The molecule has 0 spiro atoms. The fourth-order valence-electron chi connectivity index (χ4n) is 1.05. The zero-order valence-corrected chi connectivity index (χ0v) is 9.06. The molecule has 9 heteroatoms. The summed E-state index contributed by atoms with van der Waals surface area (Å²) in [6.07, 6.45) is 0. The first-order valence-corrected chi connectivity index (χ1v) is 4.62. The van der Waals surface area contributed by atoms with Crippen LogP contribution in [0.2, 0.25) is 5.02 Å². The Morgan fingerprint density at radius 3 is 2.81 bits per heavy atom. The monoisotopic (exact) mass is 248 g/mol. The summed E-state index contributed by atoms with van der Waals surface area (Å²) >= 11 is 5.66. The Labute approximate surface area is 94.6 Å². The lowest BCUT2D eigenvalue weighted by Crippen LogP contribution is -2.23. The summed E-state index contributed by atoms with van der Waals surface area (Å²) in [7, 11) is 1.26. The quantitative estimate of drug-likeness (QED) is 0.561. The van der Waals surface area contributed by atoms with Crippen molar-refractivity contribution in [2.45, 2.75) is 0 Å². The number of hydrogen-bond acceptors (Lipinski definition) is 6. The molecule has 88 valence electrons. The lowest BCUT2D eigenvalue weighted by molar-refractivity contribution is -0.389. The predicted octanol–water partition coefficient (Wildman–Crippen LogP) is -0.254. The van der Waals surface area contributed by atoms with Crippen molar-refractivity contribution in [2.24, 2.45) is 7.05 Å². The van der Waals surface area contributed by atoms with E-state index in [0.29, 0.717) is 0 Å². The maximum absolute atomic E-state index is 11.4. The van der Waals surface area contributed by atoms with Crippen molar-refractivity contribution in [1.82, 2.24) is 9.78 Å². The molecule has 0 aliphatic rings. The number of aryl methyl sites for hydroxylation is 1. The lowest BCUT2D eigenvalue weighted by atomic mass is 10.4. The first-order valence-electron chi connectivity index (χ1n) is 4.25. The van der Waals surface area contributed by atoms with Crippen LogP contribution in [0.1, 0.15) is 0 Å². The maximum Gasteiger partial charge on any atom is 0.413 e. The van der Waals surface area contributed by atoms with E-state index >= 15 is 0 Å². The van der Waals surface area contributed by atoms with E-state index in [4.69, 9.17) is 16.7 Å². The molecule has 1 rings (SSSR count). The summed E-state index contributed by atoms with van der Waals surface area (Å²) in [5, 5.41) is 24.9. The average molecular weight is 249 g/mol. The molecule has 8 nitrogen and oxygen atoms in total. The standard InChI is InChI=1S/C7H9ClN4O4/c1-11-7(14)4(8)5(9-2-3-13)6(10-11)12(15)16/h9,13H,2-3H2,1H3. The summed E-state index contributed by atoms with van der Waals surface area (Å²) in [5.41, 5.74) is -0.823. The minimum atomic E-state index is -0.759. The Kier molecular flexibility index (Phi) is 3.80. The van der Waals surface area contributed by atoms with Gasteiger partial charge in [0.15, 0.2) is 5.69 Å². The first-order chi connectivity index (χ1) is 7.49. The van der Waals surface area contributed by atoms with Gasteiger partial charge < -0.3 is 20.5 Å². The van der Waals surface area contributed by atoms with Gasteiger partial charge in [-0.3, -0.25) is 4.79 Å². The van der Waals surface area contributed by atoms with Crippen molar-refractivity contribution in [1.29, 1.82) is 0 Å². The lowest BCUT2D eigenvalue weighted by Gasteiger charge is -2.06. The Morgan fingerprint density at radius 1 is 1.69 bits per heavy atom. The van der Waals surface area contributed by atoms with Crippen molar-refractivity contribution in [3.63, 3.8) is 0 Å². The van der Waals surface area contributed by atoms with Crippen LogP contribution in [0.5, 0.6) is 0 Å². The molecule has 2 N–H and O–H groups in total. The molecule has 0 amide bonds. The molecule has 0 aliphatic heterocycles. The number of hydrogen-bond donors (Lipinski definition) is 2. The minimum absolute atomic E-state index is 0.0371. The molecule has 0 atom stereocenters. The molecule has 0 saturated carbocycles. The maximum atomic E-state index is 11.4. The van der Waals surface area contributed by atoms with Gasteiger partial charge in [0.25, 0.3) is 0 Å². The van der Waals surface area contributed by atoms with Crippen LogP contribution in [0.3, 0.4) is 0 Å². The Bertz CT molecular complexity index is 472. The van der Waals surface area contributed by atoms with Gasteiger partial charge in [-0.2, -0.15) is 0 Å². The van der Waals surface area contributed by atoms with Gasteiger partial charge in [-0.1, -0.05) is 11.6 Å². The Hall–Kier alpha value is -1.67. The van der Waals surface area contributed by atoms with E-state index in [1.165, 1.54) is 7.05 Å². The van der Waals surface area contributed by atoms with Crippen molar-refractivity contribution in [2.75, 3.05) is 18.5 Å². The highest BCUT2D eigenvalue weighted by Crippen LogP contribution is 2.26. The largest absolute Gasteiger partial charge is 0.413 e. The van der Waals surface area contributed by atoms with E-state index in [0.717, 1.165) is 4.68 Å². The number of nitrogens with one attached hydrogen (secondary N) is 1. The molecule has 1 aromatic rings. The van der Waals surface area contributed by atoms with E-state index in [2.05, 4.69) is 10.4 Å². The number of nitrogens with zero attached hydrogens (tertiary/aromatic N) is 3. The number of halogens is 1. The molecular formula is C7H9ClN4O4. The Balaban J connectivity index is 3.36. The van der Waals surface area contributed by atoms with Gasteiger partial charge in [0, 0.05) is 6.54 Å². The Morgan fingerprint density at radius 2 is 2.31 bits per heavy atom. The zero-order chi connectivity index (χ0) is 12.3. The second-order valence-electron chi connectivity index (χ2n) is 2.85. The van der Waals surface area contributed by atoms with Crippen LogP contribution < -0.4 is 10.9 Å². The van der Waals surface area contributed by atoms with Gasteiger partial charge in [-0.05, 0) is 4.92 Å². The smallest absolute Gasteiger partial charge is 0.395 e. The molecule has 0 aliphatic carbocycles. The van der Waals surface area contributed by atoms with Gasteiger partial charge in [0.2, 0.25) is 0 Å². The summed E-state index contributed by atoms with van der Waals surface area (Å²) < 4.78 is 0.782. The molecule has 0 saturated heterocycles. The average Bonchev–Trinajstić information content (AvgIpc) is 2.24. The summed E-state index contributed by atoms with van der Waals surface area (Å²) in [6.45, 7) is -0.210. The fraction of sp³-hybridized carbons (Fsp3) is 0.429. The van der Waals surface area contributed by atoms with Crippen LogP contribution >= 0.6 is 11.6 Å². The molecule has 16 heavy (non-hydrogen) atoms. The number of rotatable bonds is 4. The number of aliphatic hydroxyl groups is 1. The molecule has 0 aromatic carbocycles. The summed E-state index contributed by atoms with van der Waals surface area (Å²) in [6, 6.07) is 0. The van der Waals surface area contributed by atoms with Crippen LogP contribution in [-0.2, 0) is 7.05 Å². The van der Waals surface area contributed by atoms with E-state index in [1.54, 1.807) is 0 Å². The predicted molar refractivity (Wildman–Crippen MR) is 56.7 cm³/mol. The van der Waals surface area contributed by atoms with Crippen LogP contribution in [0.25, 0.3) is 0 Å². The molecule has 0 fully saturated rings. The molecular weight excluding hydrogens is 240 g/mol. The molecule has 0 radical (unpaired) electrons. The van der Waals surface area contributed by atoms with E-state index in [9.17, 15) is 14.9 Å². The van der Waals surface area contributed by atoms with E-state index < -0.39 is 16.3 Å². The number of nitro groups is 1. The minimum Gasteiger partial charge on any atom is -0.395 e. The number of aromatic nitrogens is 2. The normalized spacial score (nSPS) is 10.2. The van der Waals surface area contributed by atoms with Crippen molar-refractivity contribution < 1.29 is 10.0 Å². The van der Waals surface area contributed by atoms with Crippen molar-refractivity contribution in [3.05, 3.63) is 25.5 Å². The van der Waals surface area contributed by atoms with Gasteiger partial charge in [-0.15, -0.1) is 4.68 Å². The second kappa shape index (κ2) is 4.90. The van der Waals surface area contributed by atoms with E-state index in [-0.39, 0.29) is 23.9 Å². The number of aliphatic hydroxyl groups excluding tert-OH is 1. The fourth-order valence-corrected chi connectivity index (χ4v) is 1.32. The third kappa shape index (κ3) is 2.28. The highest BCUT2D eigenvalue weighted by atomic mass is 35.5. The highest BCUT2D eigenvalue weighted by Gasteiger charge is 2.23. The molecule has 1 heterocycles. The zero-order valence-electron chi connectivity index (χ0n) is 8.31. The molecule has 1 aromatic heterocycles. The van der Waals surface area contributed by atoms with Gasteiger partial charge >= 0.3 is 11.4 Å². The topological polar surface area (TPSA) is 110 Å². The first kappa shape index (κ1) is 12.4. The van der Waals surface area contributed by atoms with Crippen LogP contribution in [0.15, 0.2) is 4.79 Å². The van der Waals surface area contributed by atoms with Gasteiger partial charge in [-0.25, -0.2) is 0 Å². The van der Waals surface area contributed by atoms with E-state index in [1.807, 2.05) is 0 Å². The summed E-state index contributed by atoms with van der Waals surface area (Å²) in [4.78, 5) is 21.3. The third-order valence-electron chi connectivity index (χ3n) is 1.76. The number of anilines is 1. The van der Waals surface area contributed by atoms with Crippen molar-refractivity contribution in [3.8, 4) is 0 Å². The van der Waals surface area contributed by atoms with Gasteiger partial charge in [0.05, 0.1) is 18.8 Å². The van der Waals surface area contributed by atoms with Crippen LogP contribution in [0.4, 0.5) is 11.5 Å². The third-order valence-corrected chi connectivity index (χ3v) is 2.11. The van der Waals surface area contributed by atoms with Gasteiger partial charge in [0.1, 0.15) is 5.02 Å². The van der Waals surface area contributed by atoms with Crippen LogP contribution in [-0.4, -0.2) is 33.0 Å². The SMILES string of the molecule is Cn1nc([N+](=O)[O-])c(NCCO)c(Cl)c1=O. The highest BCUT2D eigenvalue weighted by molar-refractivity contribution is 6.33. The van der Waals surface area contributed by atoms with Crippen LogP contribution in [0, 0.1) is 10.1 Å². The molecule has 0 bridgehead atoms. The van der Waals surface area contributed by atoms with Crippen molar-refractivity contribution >= 4 is 23.1 Å². The molecule has 0 unspecified atom stereocenters.